The van der Waals surface area contributed by atoms with Crippen molar-refractivity contribution in [1.29, 1.82) is 0 Å². The molecule has 0 bridgehead atoms. The average Bonchev–Trinajstić information content (AvgIpc) is 2.52. The van der Waals surface area contributed by atoms with Crippen LogP contribution >= 0.6 is 31.9 Å². The zero-order valence-corrected chi connectivity index (χ0v) is 14.0. The molecule has 2 amide bonds. The van der Waals surface area contributed by atoms with E-state index in [1.165, 1.54) is 0 Å². The van der Waals surface area contributed by atoms with Crippen molar-refractivity contribution in [2.24, 2.45) is 0 Å². The number of nitrogens with one attached hydrogen (secondary N) is 1. The van der Waals surface area contributed by atoms with E-state index in [0.717, 1.165) is 47.2 Å². The van der Waals surface area contributed by atoms with Gasteiger partial charge in [-0.2, -0.15) is 0 Å². The number of hydrogen-bond donors (Lipinski definition) is 1. The van der Waals surface area contributed by atoms with Crippen LogP contribution in [0.5, 0.6) is 0 Å². The lowest BCUT2D eigenvalue weighted by molar-refractivity contribution is 0.213. The van der Waals surface area contributed by atoms with Gasteiger partial charge in [0, 0.05) is 34.3 Å². The Labute approximate surface area is 130 Å². The molecular weight excluding hydrogens is 374 g/mol. The highest BCUT2D eigenvalue weighted by Crippen LogP contribution is 2.23. The molecular formula is C13H17Br2N3O. The van der Waals surface area contributed by atoms with E-state index in [0.29, 0.717) is 0 Å². The Hall–Kier alpha value is -0.590. The molecule has 0 aromatic heterocycles. The van der Waals surface area contributed by atoms with Gasteiger partial charge in [-0.25, -0.2) is 4.79 Å². The fourth-order valence-corrected chi connectivity index (χ4v) is 3.37. The second-order valence-corrected chi connectivity index (χ2v) is 6.56. The first-order chi connectivity index (χ1) is 9.04. The predicted molar refractivity (Wildman–Crippen MR) is 84.5 cm³/mol. The normalized spacial score (nSPS) is 17.1. The van der Waals surface area contributed by atoms with Gasteiger partial charge in [0.15, 0.2) is 0 Å². The summed E-state index contributed by atoms with van der Waals surface area (Å²) in [4.78, 5) is 16.3. The monoisotopic (exact) mass is 389 g/mol. The summed E-state index contributed by atoms with van der Waals surface area (Å²) in [7, 11) is 2.09. The maximum atomic E-state index is 12.2. The summed E-state index contributed by atoms with van der Waals surface area (Å²) in [6, 6.07) is 5.70. The summed E-state index contributed by atoms with van der Waals surface area (Å²) >= 11 is 6.84. The van der Waals surface area contributed by atoms with E-state index in [4.69, 9.17) is 0 Å². The van der Waals surface area contributed by atoms with Crippen molar-refractivity contribution in [2.45, 2.75) is 6.42 Å². The third-order valence-electron chi connectivity index (χ3n) is 3.12. The Morgan fingerprint density at radius 1 is 1.11 bits per heavy atom. The lowest BCUT2D eigenvalue weighted by atomic mass is 10.3. The van der Waals surface area contributed by atoms with Gasteiger partial charge < -0.3 is 15.1 Å². The van der Waals surface area contributed by atoms with Crippen LogP contribution in [0.2, 0.25) is 0 Å². The molecule has 0 saturated carbocycles. The van der Waals surface area contributed by atoms with E-state index in [2.05, 4.69) is 49.1 Å². The van der Waals surface area contributed by atoms with E-state index < -0.39 is 0 Å². The van der Waals surface area contributed by atoms with Crippen LogP contribution in [0.3, 0.4) is 0 Å². The molecule has 0 aliphatic carbocycles. The molecule has 6 heteroatoms. The standard InChI is InChI=1S/C13H17Br2N3O/c1-17-3-2-4-18(6-5-17)13(19)16-12-8-10(14)7-11(15)9-12/h7-9H,2-6H2,1H3,(H,16,19). The van der Waals surface area contributed by atoms with Crippen LogP contribution in [0, 0.1) is 0 Å². The predicted octanol–water partition coefficient (Wildman–Crippen LogP) is 3.38. The maximum absolute atomic E-state index is 12.2. The third-order valence-corrected chi connectivity index (χ3v) is 4.04. The Morgan fingerprint density at radius 2 is 1.79 bits per heavy atom. The van der Waals surface area contributed by atoms with Gasteiger partial charge in [-0.3, -0.25) is 0 Å². The summed E-state index contributed by atoms with van der Waals surface area (Å²) < 4.78 is 1.88. The summed E-state index contributed by atoms with van der Waals surface area (Å²) in [5, 5.41) is 2.94. The molecule has 1 aliphatic heterocycles. The number of rotatable bonds is 1. The Kier molecular flexibility index (Phi) is 5.24. The highest BCUT2D eigenvalue weighted by atomic mass is 79.9. The van der Waals surface area contributed by atoms with Crippen molar-refractivity contribution in [3.63, 3.8) is 0 Å². The second kappa shape index (κ2) is 6.72. The molecule has 2 rings (SSSR count). The van der Waals surface area contributed by atoms with E-state index in [-0.39, 0.29) is 6.03 Å². The van der Waals surface area contributed by atoms with Crippen LogP contribution in [0.1, 0.15) is 6.42 Å². The molecule has 0 spiro atoms. The summed E-state index contributed by atoms with van der Waals surface area (Å²) in [6.07, 6.45) is 1.02. The van der Waals surface area contributed by atoms with Crippen molar-refractivity contribution in [1.82, 2.24) is 9.80 Å². The SMILES string of the molecule is CN1CCCN(C(=O)Nc2cc(Br)cc(Br)c2)CC1. The van der Waals surface area contributed by atoms with E-state index in [1.54, 1.807) is 0 Å². The molecule has 1 saturated heterocycles. The minimum atomic E-state index is -0.0275. The molecule has 1 aliphatic rings. The van der Waals surface area contributed by atoms with E-state index >= 15 is 0 Å². The number of hydrogen-bond acceptors (Lipinski definition) is 2. The molecule has 1 heterocycles. The van der Waals surface area contributed by atoms with Crippen LogP contribution in [-0.4, -0.2) is 49.1 Å². The smallest absolute Gasteiger partial charge is 0.321 e. The minimum Gasteiger partial charge on any atom is -0.323 e. The lowest BCUT2D eigenvalue weighted by Gasteiger charge is -2.21. The van der Waals surface area contributed by atoms with Crippen LogP contribution < -0.4 is 5.32 Å². The zero-order chi connectivity index (χ0) is 13.8. The molecule has 1 aromatic carbocycles. The van der Waals surface area contributed by atoms with Crippen LogP contribution in [0.15, 0.2) is 27.1 Å². The topological polar surface area (TPSA) is 35.6 Å². The van der Waals surface area contributed by atoms with E-state index in [1.807, 2.05) is 23.1 Å². The Morgan fingerprint density at radius 3 is 2.47 bits per heavy atom. The summed E-state index contributed by atoms with van der Waals surface area (Å²) in [5.74, 6) is 0. The number of likely N-dealkylation sites (N-methyl/N-ethyl adjacent to an activating group) is 1. The van der Waals surface area contributed by atoms with Gasteiger partial charge in [0.1, 0.15) is 0 Å². The summed E-state index contributed by atoms with van der Waals surface area (Å²) in [6.45, 7) is 3.56. The second-order valence-electron chi connectivity index (χ2n) is 4.73. The lowest BCUT2D eigenvalue weighted by Crippen LogP contribution is -2.37. The van der Waals surface area contributed by atoms with Crippen molar-refractivity contribution < 1.29 is 4.79 Å². The maximum Gasteiger partial charge on any atom is 0.321 e. The Balaban J connectivity index is 2.00. The van der Waals surface area contributed by atoms with Crippen molar-refractivity contribution in [2.75, 3.05) is 38.5 Å². The third kappa shape index (κ3) is 4.47. The molecule has 104 valence electrons. The van der Waals surface area contributed by atoms with Crippen LogP contribution in [-0.2, 0) is 0 Å². The highest BCUT2D eigenvalue weighted by molar-refractivity contribution is 9.11. The molecule has 1 N–H and O–H groups in total. The molecule has 0 atom stereocenters. The molecule has 0 radical (unpaired) electrons. The molecule has 1 fully saturated rings. The highest BCUT2D eigenvalue weighted by Gasteiger charge is 2.17. The molecule has 0 unspecified atom stereocenters. The van der Waals surface area contributed by atoms with Crippen LogP contribution in [0.25, 0.3) is 0 Å². The van der Waals surface area contributed by atoms with Crippen molar-refractivity contribution >= 4 is 43.6 Å². The van der Waals surface area contributed by atoms with Gasteiger partial charge in [0.2, 0.25) is 0 Å². The fraction of sp³-hybridized carbons (Fsp3) is 0.462. The number of amides is 2. The number of carbonyl (C=O) groups excluding carboxylic acids is 1. The van der Waals surface area contributed by atoms with Gasteiger partial charge in [0.05, 0.1) is 0 Å². The quantitative estimate of drug-likeness (QED) is 0.797. The first-order valence-electron chi connectivity index (χ1n) is 6.25. The molecule has 19 heavy (non-hydrogen) atoms. The fourth-order valence-electron chi connectivity index (χ4n) is 2.08. The number of benzene rings is 1. The Bertz CT molecular complexity index is 447. The number of nitrogens with zero attached hydrogens (tertiary/aromatic N) is 2. The van der Waals surface area contributed by atoms with E-state index in [9.17, 15) is 4.79 Å². The first-order valence-corrected chi connectivity index (χ1v) is 7.84. The zero-order valence-electron chi connectivity index (χ0n) is 10.8. The largest absolute Gasteiger partial charge is 0.323 e. The van der Waals surface area contributed by atoms with Gasteiger partial charge in [-0.1, -0.05) is 31.9 Å². The molecule has 4 nitrogen and oxygen atoms in total. The van der Waals surface area contributed by atoms with Gasteiger partial charge >= 0.3 is 6.03 Å². The number of urea groups is 1. The number of anilines is 1. The van der Waals surface area contributed by atoms with Gasteiger partial charge in [0.25, 0.3) is 0 Å². The van der Waals surface area contributed by atoms with Gasteiger partial charge in [-0.15, -0.1) is 0 Å². The van der Waals surface area contributed by atoms with Crippen molar-refractivity contribution in [3.05, 3.63) is 27.1 Å². The van der Waals surface area contributed by atoms with Crippen molar-refractivity contribution in [3.8, 4) is 0 Å². The van der Waals surface area contributed by atoms with Crippen LogP contribution in [0.4, 0.5) is 10.5 Å². The minimum absolute atomic E-state index is 0.0275. The van der Waals surface area contributed by atoms with Gasteiger partial charge in [-0.05, 0) is 38.2 Å². The number of halogens is 2. The molecule has 1 aromatic rings. The number of carbonyl (C=O) groups is 1. The first kappa shape index (κ1) is 14.8. The average molecular weight is 391 g/mol. The summed E-state index contributed by atoms with van der Waals surface area (Å²) in [5.41, 5.74) is 0.795.